The molecule has 0 unspecified atom stereocenters. The van der Waals surface area contributed by atoms with E-state index in [-0.39, 0.29) is 43.8 Å². The van der Waals surface area contributed by atoms with Crippen molar-refractivity contribution in [2.45, 2.75) is 51.7 Å². The summed E-state index contributed by atoms with van der Waals surface area (Å²) in [7, 11) is -0.603. The molecule has 10 heteroatoms. The van der Waals surface area contributed by atoms with Crippen LogP contribution in [0.25, 0.3) is 0 Å². The number of hydrogen-bond acceptors (Lipinski definition) is 6. The van der Waals surface area contributed by atoms with Crippen LogP contribution in [0.15, 0.2) is 78.9 Å². The summed E-state index contributed by atoms with van der Waals surface area (Å²) in [5.74, 6) is 0.553. The second kappa shape index (κ2) is 15.3. The van der Waals surface area contributed by atoms with Gasteiger partial charge in [0.2, 0.25) is 21.8 Å². The first-order valence-corrected chi connectivity index (χ1v) is 15.8. The molecule has 1 N–H and O–H groups in total. The van der Waals surface area contributed by atoms with E-state index >= 15 is 0 Å². The Morgan fingerprint density at radius 2 is 1.55 bits per heavy atom. The van der Waals surface area contributed by atoms with E-state index in [0.717, 1.165) is 17.4 Å². The van der Waals surface area contributed by atoms with Crippen LogP contribution in [0.1, 0.15) is 37.8 Å². The molecule has 1 atom stereocenters. The average molecular weight is 596 g/mol. The van der Waals surface area contributed by atoms with Crippen molar-refractivity contribution in [3.63, 3.8) is 0 Å². The third kappa shape index (κ3) is 9.24. The van der Waals surface area contributed by atoms with Crippen molar-refractivity contribution in [2.24, 2.45) is 0 Å². The molecule has 0 aliphatic rings. The largest absolute Gasteiger partial charge is 0.497 e. The SMILES string of the molecule is COc1cccc(CN(C(=O)CCCN(c2ccccc2OC)S(C)(=O)=O)[C@H](Cc2ccccc2)C(=O)NC(C)C)c1. The summed E-state index contributed by atoms with van der Waals surface area (Å²) in [6.07, 6.45) is 1.72. The number of benzene rings is 3. The number of hydrogen-bond donors (Lipinski definition) is 1. The molecule has 3 aromatic carbocycles. The fourth-order valence-electron chi connectivity index (χ4n) is 4.72. The van der Waals surface area contributed by atoms with E-state index in [4.69, 9.17) is 9.47 Å². The zero-order chi connectivity index (χ0) is 30.7. The van der Waals surface area contributed by atoms with Crippen LogP contribution in [0.5, 0.6) is 11.5 Å². The first kappa shape index (κ1) is 32.5. The minimum absolute atomic E-state index is 0.0331. The van der Waals surface area contributed by atoms with E-state index < -0.39 is 16.1 Å². The maximum Gasteiger partial charge on any atom is 0.243 e. The molecule has 0 radical (unpaired) electrons. The highest BCUT2D eigenvalue weighted by Crippen LogP contribution is 2.30. The Bertz CT molecular complexity index is 1430. The van der Waals surface area contributed by atoms with E-state index in [2.05, 4.69) is 5.32 Å². The second-order valence-electron chi connectivity index (χ2n) is 10.4. The van der Waals surface area contributed by atoms with Gasteiger partial charge >= 0.3 is 0 Å². The summed E-state index contributed by atoms with van der Waals surface area (Å²) in [5, 5.41) is 2.98. The Kier molecular flexibility index (Phi) is 11.8. The Morgan fingerprint density at radius 1 is 0.881 bits per heavy atom. The molecule has 0 saturated heterocycles. The molecule has 3 rings (SSSR count). The van der Waals surface area contributed by atoms with Crippen LogP contribution >= 0.6 is 0 Å². The van der Waals surface area contributed by atoms with Crippen LogP contribution in [0.3, 0.4) is 0 Å². The smallest absolute Gasteiger partial charge is 0.243 e. The number of amides is 2. The van der Waals surface area contributed by atoms with Gasteiger partial charge in [-0.2, -0.15) is 0 Å². The number of carbonyl (C=O) groups excluding carboxylic acids is 2. The van der Waals surface area contributed by atoms with Gasteiger partial charge in [-0.05, 0) is 55.7 Å². The summed E-state index contributed by atoms with van der Waals surface area (Å²) in [6.45, 7) is 4.01. The molecular weight excluding hydrogens is 554 g/mol. The number of nitrogens with one attached hydrogen (secondary N) is 1. The van der Waals surface area contributed by atoms with Crippen LogP contribution in [-0.4, -0.2) is 64.2 Å². The molecule has 0 heterocycles. The lowest BCUT2D eigenvalue weighted by molar-refractivity contribution is -0.141. The number of rotatable bonds is 15. The fourth-order valence-corrected chi connectivity index (χ4v) is 5.69. The van der Waals surface area contributed by atoms with Crippen LogP contribution in [0, 0.1) is 0 Å². The van der Waals surface area contributed by atoms with Gasteiger partial charge in [-0.1, -0.05) is 54.6 Å². The van der Waals surface area contributed by atoms with E-state index in [9.17, 15) is 18.0 Å². The van der Waals surface area contributed by atoms with E-state index in [1.165, 1.54) is 11.4 Å². The first-order chi connectivity index (χ1) is 20.0. The molecule has 3 aromatic rings. The molecular formula is C32H41N3O6S. The maximum absolute atomic E-state index is 13.9. The zero-order valence-electron chi connectivity index (χ0n) is 24.9. The summed E-state index contributed by atoms with van der Waals surface area (Å²) < 4.78 is 37.5. The monoisotopic (exact) mass is 595 g/mol. The number of carbonyl (C=O) groups is 2. The van der Waals surface area contributed by atoms with Gasteiger partial charge in [-0.3, -0.25) is 13.9 Å². The highest BCUT2D eigenvalue weighted by molar-refractivity contribution is 7.92. The molecule has 0 fully saturated rings. The lowest BCUT2D eigenvalue weighted by Crippen LogP contribution is -2.51. The average Bonchev–Trinajstić information content (AvgIpc) is 2.96. The van der Waals surface area contributed by atoms with Gasteiger partial charge in [0, 0.05) is 32.0 Å². The van der Waals surface area contributed by atoms with Crippen molar-refractivity contribution in [2.75, 3.05) is 31.3 Å². The zero-order valence-corrected chi connectivity index (χ0v) is 25.8. The molecule has 42 heavy (non-hydrogen) atoms. The highest BCUT2D eigenvalue weighted by Gasteiger charge is 2.31. The minimum atomic E-state index is -3.66. The Hall–Kier alpha value is -4.05. The van der Waals surface area contributed by atoms with Crippen molar-refractivity contribution in [3.8, 4) is 11.5 Å². The minimum Gasteiger partial charge on any atom is -0.497 e. The van der Waals surface area contributed by atoms with Gasteiger partial charge in [0.15, 0.2) is 0 Å². The number of nitrogens with zero attached hydrogens (tertiary/aromatic N) is 2. The first-order valence-electron chi connectivity index (χ1n) is 13.9. The molecule has 9 nitrogen and oxygen atoms in total. The van der Waals surface area contributed by atoms with Crippen LogP contribution in [-0.2, 0) is 32.6 Å². The molecule has 0 spiro atoms. The summed E-state index contributed by atoms with van der Waals surface area (Å²) in [4.78, 5) is 29.1. The van der Waals surface area contributed by atoms with Gasteiger partial charge in [0.05, 0.1) is 26.2 Å². The van der Waals surface area contributed by atoms with E-state index in [0.29, 0.717) is 23.6 Å². The van der Waals surface area contributed by atoms with Crippen molar-refractivity contribution in [3.05, 3.63) is 90.0 Å². The number of para-hydroxylation sites is 2. The number of sulfonamides is 1. The van der Waals surface area contributed by atoms with E-state index in [1.54, 1.807) is 36.3 Å². The van der Waals surface area contributed by atoms with Gasteiger partial charge in [0.1, 0.15) is 17.5 Å². The Balaban J connectivity index is 1.91. The normalized spacial score (nSPS) is 12.0. The number of anilines is 1. The van der Waals surface area contributed by atoms with Crippen molar-refractivity contribution >= 4 is 27.5 Å². The van der Waals surface area contributed by atoms with Gasteiger partial charge in [-0.25, -0.2) is 8.42 Å². The fraction of sp³-hybridized carbons (Fsp3) is 0.375. The third-order valence-corrected chi connectivity index (χ3v) is 7.88. The Labute approximate surface area is 249 Å². The topological polar surface area (TPSA) is 105 Å². The lowest BCUT2D eigenvalue weighted by Gasteiger charge is -2.32. The highest BCUT2D eigenvalue weighted by atomic mass is 32.2. The predicted octanol–water partition coefficient (Wildman–Crippen LogP) is 4.41. The number of ether oxygens (including phenoxy) is 2. The lowest BCUT2D eigenvalue weighted by atomic mass is 10.0. The maximum atomic E-state index is 13.9. The molecule has 2 amide bonds. The predicted molar refractivity (Wildman–Crippen MR) is 165 cm³/mol. The molecule has 0 aliphatic heterocycles. The molecule has 0 bridgehead atoms. The van der Waals surface area contributed by atoms with Crippen LogP contribution in [0.4, 0.5) is 5.69 Å². The summed E-state index contributed by atoms with van der Waals surface area (Å²) in [6, 6.07) is 22.9. The standard InChI is InChI=1S/C32H41N3O6S/c1-24(2)33-32(37)29(22-25-13-7-6-8-14-25)34(23-26-15-11-16-27(21-26)40-3)31(36)19-12-20-35(42(5,38)39)28-17-9-10-18-30(28)41-4/h6-11,13-18,21,24,29H,12,19-20,22-23H2,1-5H3,(H,33,37)/t29-/m1/s1. The summed E-state index contributed by atoms with van der Waals surface area (Å²) >= 11 is 0. The van der Waals surface area contributed by atoms with Gasteiger partial charge < -0.3 is 19.7 Å². The number of methoxy groups -OCH3 is 2. The van der Waals surface area contributed by atoms with E-state index in [1.807, 2.05) is 68.4 Å². The van der Waals surface area contributed by atoms with Gasteiger partial charge in [0.25, 0.3) is 0 Å². The van der Waals surface area contributed by atoms with Crippen molar-refractivity contribution in [1.29, 1.82) is 0 Å². The molecule has 0 aromatic heterocycles. The quantitative estimate of drug-likeness (QED) is 0.279. The second-order valence-corrected chi connectivity index (χ2v) is 12.3. The Morgan fingerprint density at radius 3 is 2.19 bits per heavy atom. The van der Waals surface area contributed by atoms with Crippen LogP contribution in [0.2, 0.25) is 0 Å². The van der Waals surface area contributed by atoms with Crippen LogP contribution < -0.4 is 19.1 Å². The molecule has 0 saturated carbocycles. The molecule has 0 aliphatic carbocycles. The third-order valence-electron chi connectivity index (χ3n) is 6.70. The molecule has 226 valence electrons. The van der Waals surface area contributed by atoms with Gasteiger partial charge in [-0.15, -0.1) is 0 Å². The van der Waals surface area contributed by atoms with Crippen molar-refractivity contribution in [1.82, 2.24) is 10.2 Å². The summed E-state index contributed by atoms with van der Waals surface area (Å²) in [5.41, 5.74) is 2.13. The van der Waals surface area contributed by atoms with Crippen molar-refractivity contribution < 1.29 is 27.5 Å².